The fraction of sp³-hybridized carbons (Fsp3) is 0.0435. The SMILES string of the molecule is Cc1ccc(-n2c(-c3cccc(-c4nc5c6cccnc6c6ncccc6c5n4-c4ccc(C)cc4)c3)nc3c4cccnc4c4ncccc4c32)cc1. The van der Waals surface area contributed by atoms with Gasteiger partial charge in [0, 0.05) is 68.8 Å². The molecule has 0 amide bonds. The molecule has 254 valence electrons. The van der Waals surface area contributed by atoms with Crippen LogP contribution in [0.1, 0.15) is 11.1 Å². The van der Waals surface area contributed by atoms with Crippen LogP contribution < -0.4 is 0 Å². The summed E-state index contributed by atoms with van der Waals surface area (Å²) in [5.74, 6) is 1.64. The summed E-state index contributed by atoms with van der Waals surface area (Å²) in [5.41, 5.74) is 13.4. The van der Waals surface area contributed by atoms with Gasteiger partial charge in [-0.2, -0.15) is 0 Å². The van der Waals surface area contributed by atoms with Crippen LogP contribution in [-0.2, 0) is 0 Å². The smallest absolute Gasteiger partial charge is 0.145 e. The van der Waals surface area contributed by atoms with Crippen LogP contribution in [0.25, 0.3) is 99.8 Å². The summed E-state index contributed by atoms with van der Waals surface area (Å²) in [4.78, 5) is 30.1. The fourth-order valence-electron chi connectivity index (χ4n) is 7.93. The molecule has 6 aromatic heterocycles. The molecule has 54 heavy (non-hydrogen) atoms. The minimum absolute atomic E-state index is 0.819. The summed E-state index contributed by atoms with van der Waals surface area (Å²) in [6, 6.07) is 42.1. The molecule has 0 N–H and O–H groups in total. The third-order valence-corrected chi connectivity index (χ3v) is 10.4. The zero-order chi connectivity index (χ0) is 35.9. The van der Waals surface area contributed by atoms with Gasteiger partial charge in [0.05, 0.1) is 44.1 Å². The van der Waals surface area contributed by atoms with Crippen molar-refractivity contribution < 1.29 is 0 Å². The summed E-state index contributed by atoms with van der Waals surface area (Å²) < 4.78 is 4.54. The Bertz CT molecular complexity index is 3070. The van der Waals surface area contributed by atoms with Gasteiger partial charge in [-0.05, 0) is 92.7 Å². The van der Waals surface area contributed by atoms with Crippen molar-refractivity contribution in [1.29, 1.82) is 0 Å². The van der Waals surface area contributed by atoms with E-state index in [-0.39, 0.29) is 0 Å². The second-order valence-corrected chi connectivity index (χ2v) is 13.8. The highest BCUT2D eigenvalue weighted by Gasteiger charge is 2.24. The van der Waals surface area contributed by atoms with E-state index in [9.17, 15) is 0 Å². The monoisotopic (exact) mass is 694 g/mol. The molecule has 0 aliphatic heterocycles. The van der Waals surface area contributed by atoms with Crippen LogP contribution in [-0.4, -0.2) is 39.0 Å². The first kappa shape index (κ1) is 30.3. The lowest BCUT2D eigenvalue weighted by molar-refractivity contribution is 1.09. The Kier molecular flexibility index (Phi) is 6.51. The third kappa shape index (κ3) is 4.43. The van der Waals surface area contributed by atoms with Crippen LogP contribution in [0.4, 0.5) is 0 Å². The lowest BCUT2D eigenvalue weighted by Gasteiger charge is -2.14. The van der Waals surface area contributed by atoms with Crippen LogP contribution in [0, 0.1) is 13.8 Å². The van der Waals surface area contributed by atoms with Gasteiger partial charge in [0.25, 0.3) is 0 Å². The Balaban J connectivity index is 1.24. The van der Waals surface area contributed by atoms with Crippen molar-refractivity contribution in [3.8, 4) is 34.2 Å². The highest BCUT2D eigenvalue weighted by molar-refractivity contribution is 6.23. The Morgan fingerprint density at radius 1 is 0.370 bits per heavy atom. The van der Waals surface area contributed by atoms with Gasteiger partial charge in [0.2, 0.25) is 0 Å². The molecule has 0 spiro atoms. The highest BCUT2D eigenvalue weighted by atomic mass is 15.1. The molecule has 11 rings (SSSR count). The van der Waals surface area contributed by atoms with Crippen molar-refractivity contribution >= 4 is 65.7 Å². The molecule has 8 heteroatoms. The molecule has 0 unspecified atom stereocenters. The maximum Gasteiger partial charge on any atom is 0.145 e. The average molecular weight is 695 g/mol. The largest absolute Gasteiger partial charge is 0.292 e. The summed E-state index contributed by atoms with van der Waals surface area (Å²) >= 11 is 0. The molecule has 0 radical (unpaired) electrons. The zero-order valence-electron chi connectivity index (χ0n) is 29.4. The Morgan fingerprint density at radius 3 is 1.15 bits per heavy atom. The van der Waals surface area contributed by atoms with Crippen LogP contribution in [0.3, 0.4) is 0 Å². The van der Waals surface area contributed by atoms with Gasteiger partial charge in [-0.15, -0.1) is 0 Å². The molecular formula is C46H30N8. The van der Waals surface area contributed by atoms with Crippen molar-refractivity contribution in [2.45, 2.75) is 13.8 Å². The van der Waals surface area contributed by atoms with E-state index in [4.69, 9.17) is 29.9 Å². The maximum atomic E-state index is 5.46. The molecule has 0 aliphatic rings. The second-order valence-electron chi connectivity index (χ2n) is 13.8. The number of fused-ring (bicyclic) bond motifs is 12. The predicted octanol–water partition coefficient (Wildman–Crippen LogP) is 10.5. The molecular weight excluding hydrogens is 665 g/mol. The van der Waals surface area contributed by atoms with Gasteiger partial charge in [0.1, 0.15) is 11.6 Å². The Morgan fingerprint density at radius 2 is 0.741 bits per heavy atom. The van der Waals surface area contributed by atoms with E-state index in [2.05, 4.69) is 120 Å². The standard InChI is InChI=1S/C46H30N8/c1-27-14-18-31(19-15-27)53-43-35-12-6-24-49-39(35)37-33(10-4-22-47-37)41(43)51-45(53)29-8-3-9-30(26-29)46-52-42-34-11-5-23-48-38(34)40-36(13-7-25-50-40)44(42)54(46)32-20-16-28(2)17-21-32/h3-26H,1-2H3. The first-order valence-corrected chi connectivity index (χ1v) is 17.9. The minimum Gasteiger partial charge on any atom is -0.292 e. The number of hydrogen-bond acceptors (Lipinski definition) is 6. The molecule has 0 saturated heterocycles. The van der Waals surface area contributed by atoms with E-state index in [1.165, 1.54) is 11.1 Å². The molecule has 0 aliphatic carbocycles. The molecule has 8 nitrogen and oxygen atoms in total. The average Bonchev–Trinajstić information content (AvgIpc) is 3.83. The summed E-state index contributed by atoms with van der Waals surface area (Å²) in [5, 5.41) is 3.92. The summed E-state index contributed by atoms with van der Waals surface area (Å²) in [6.07, 6.45) is 7.31. The highest BCUT2D eigenvalue weighted by Crippen LogP contribution is 2.41. The van der Waals surface area contributed by atoms with E-state index < -0.39 is 0 Å². The zero-order valence-corrected chi connectivity index (χ0v) is 29.4. The first-order valence-electron chi connectivity index (χ1n) is 17.9. The molecule has 0 atom stereocenters. The summed E-state index contributed by atoms with van der Waals surface area (Å²) in [6.45, 7) is 4.22. The quantitative estimate of drug-likeness (QED) is 0.170. The normalized spacial score (nSPS) is 11.9. The lowest BCUT2D eigenvalue weighted by Crippen LogP contribution is -2.00. The van der Waals surface area contributed by atoms with E-state index in [1.54, 1.807) is 0 Å². The number of aromatic nitrogens is 8. The van der Waals surface area contributed by atoms with Crippen LogP contribution >= 0.6 is 0 Å². The number of rotatable bonds is 4. The van der Waals surface area contributed by atoms with Crippen molar-refractivity contribution in [3.05, 3.63) is 157 Å². The molecule has 0 bridgehead atoms. The van der Waals surface area contributed by atoms with Crippen molar-refractivity contribution in [2.75, 3.05) is 0 Å². The van der Waals surface area contributed by atoms with Crippen LogP contribution in [0.15, 0.2) is 146 Å². The third-order valence-electron chi connectivity index (χ3n) is 10.4. The van der Waals surface area contributed by atoms with Gasteiger partial charge in [0.15, 0.2) is 0 Å². The van der Waals surface area contributed by atoms with Crippen LogP contribution in [0.5, 0.6) is 0 Å². The number of aryl methyl sites for hydroxylation is 2. The number of hydrogen-bond donors (Lipinski definition) is 0. The van der Waals surface area contributed by atoms with Crippen LogP contribution in [0.2, 0.25) is 0 Å². The Labute approximate surface area is 309 Å². The maximum absolute atomic E-state index is 5.46. The molecule has 0 fully saturated rings. The van der Waals surface area contributed by atoms with Gasteiger partial charge < -0.3 is 0 Å². The molecule has 11 aromatic rings. The second kappa shape index (κ2) is 11.6. The molecule has 5 aromatic carbocycles. The van der Waals surface area contributed by atoms with Gasteiger partial charge in [-0.25, -0.2) is 9.97 Å². The predicted molar refractivity (Wildman–Crippen MR) is 217 cm³/mol. The minimum atomic E-state index is 0.819. The van der Waals surface area contributed by atoms with Gasteiger partial charge in [-0.1, -0.05) is 53.6 Å². The Hall–Kier alpha value is -7.32. The topological polar surface area (TPSA) is 87.2 Å². The fourth-order valence-corrected chi connectivity index (χ4v) is 7.93. The lowest BCUT2D eigenvalue weighted by atomic mass is 10.1. The number of pyridine rings is 4. The van der Waals surface area contributed by atoms with Crippen molar-refractivity contribution in [3.63, 3.8) is 0 Å². The number of nitrogens with zero attached hydrogens (tertiary/aromatic N) is 8. The first-order chi connectivity index (χ1) is 26.6. The van der Waals surface area contributed by atoms with Crippen molar-refractivity contribution in [2.24, 2.45) is 0 Å². The summed E-state index contributed by atoms with van der Waals surface area (Å²) in [7, 11) is 0. The van der Waals surface area contributed by atoms with Crippen molar-refractivity contribution in [1.82, 2.24) is 39.0 Å². The van der Waals surface area contributed by atoms with E-state index in [1.807, 2.05) is 49.1 Å². The van der Waals surface area contributed by atoms with E-state index in [0.29, 0.717) is 0 Å². The molecule has 0 saturated carbocycles. The van der Waals surface area contributed by atoms with E-state index in [0.717, 1.165) is 99.8 Å². The molecule has 6 heterocycles. The van der Waals surface area contributed by atoms with Gasteiger partial charge >= 0.3 is 0 Å². The van der Waals surface area contributed by atoms with E-state index >= 15 is 0 Å². The number of imidazole rings is 2. The number of benzene rings is 5. The van der Waals surface area contributed by atoms with Gasteiger partial charge in [-0.3, -0.25) is 29.1 Å².